The van der Waals surface area contributed by atoms with Crippen LogP contribution in [0.25, 0.3) is 32.7 Å². The largest absolute Gasteiger partial charge is 0.457 e. The number of benzene rings is 6. The molecule has 0 saturated carbocycles. The molecule has 2 aliphatic heterocycles. The molecule has 4 nitrogen and oxygen atoms in total. The summed E-state index contributed by atoms with van der Waals surface area (Å²) in [6, 6.07) is 35.8. The Labute approximate surface area is 218 Å². The Hall–Kier alpha value is -4.64. The first-order chi connectivity index (χ1) is 18.6. The van der Waals surface area contributed by atoms with Crippen molar-refractivity contribution in [3.8, 4) is 34.1 Å². The van der Waals surface area contributed by atoms with Gasteiger partial charge in [-0.25, -0.2) is 0 Å². The molecule has 0 bridgehead atoms. The summed E-state index contributed by atoms with van der Waals surface area (Å²) < 4.78 is 12.3. The summed E-state index contributed by atoms with van der Waals surface area (Å²) in [5.74, 6) is 2.72. The van der Waals surface area contributed by atoms with Crippen LogP contribution in [0.4, 0.5) is 0 Å². The highest BCUT2D eigenvalue weighted by Gasteiger charge is 2.28. The molecular formula is C34H22O4. The maximum absolute atomic E-state index is 11.5. The predicted molar refractivity (Wildman–Crippen MR) is 148 cm³/mol. The summed E-state index contributed by atoms with van der Waals surface area (Å²) >= 11 is 0. The van der Waals surface area contributed by atoms with E-state index in [1.165, 1.54) is 0 Å². The number of aliphatic hydroxyl groups excluding tert-OH is 2. The normalized spacial score (nSPS) is 17.1. The van der Waals surface area contributed by atoms with E-state index < -0.39 is 12.2 Å². The van der Waals surface area contributed by atoms with Crippen LogP contribution in [0.2, 0.25) is 0 Å². The molecule has 8 rings (SSSR count). The van der Waals surface area contributed by atoms with Gasteiger partial charge in [0, 0.05) is 22.3 Å². The second kappa shape index (κ2) is 7.93. The van der Waals surface area contributed by atoms with Crippen LogP contribution in [0.3, 0.4) is 0 Å². The molecule has 0 radical (unpaired) electrons. The fourth-order valence-electron chi connectivity index (χ4n) is 5.82. The molecule has 2 atom stereocenters. The number of para-hydroxylation sites is 1. The molecule has 0 aliphatic carbocycles. The first kappa shape index (κ1) is 21.4. The van der Waals surface area contributed by atoms with Gasteiger partial charge in [-0.3, -0.25) is 0 Å². The third-order valence-electron chi connectivity index (χ3n) is 7.76. The lowest BCUT2D eigenvalue weighted by Gasteiger charge is -2.27. The molecule has 0 spiro atoms. The Morgan fingerprint density at radius 3 is 2.08 bits per heavy atom. The van der Waals surface area contributed by atoms with Crippen molar-refractivity contribution in [1.29, 1.82) is 0 Å². The summed E-state index contributed by atoms with van der Waals surface area (Å²) in [7, 11) is 0. The van der Waals surface area contributed by atoms with Gasteiger partial charge in [-0.1, -0.05) is 66.7 Å². The molecule has 182 valence electrons. The fraction of sp³-hybridized carbons (Fsp3) is 0.0588. The minimum atomic E-state index is -0.792. The predicted octanol–water partition coefficient (Wildman–Crippen LogP) is 8.03. The SMILES string of the molecule is OC1c2ccccc2Oc2cc3ccc(-c4ccc5c(c4)C(O)c4c(ccc6ccccc46)O5)cc3cc21. The molecule has 2 heterocycles. The van der Waals surface area contributed by atoms with E-state index in [4.69, 9.17) is 9.47 Å². The lowest BCUT2D eigenvalue weighted by atomic mass is 9.90. The van der Waals surface area contributed by atoms with Gasteiger partial charge in [0.25, 0.3) is 0 Å². The van der Waals surface area contributed by atoms with Gasteiger partial charge in [-0.15, -0.1) is 0 Å². The molecule has 2 N–H and O–H groups in total. The highest BCUT2D eigenvalue weighted by atomic mass is 16.5. The van der Waals surface area contributed by atoms with Crippen molar-refractivity contribution in [1.82, 2.24) is 0 Å². The lowest BCUT2D eigenvalue weighted by Crippen LogP contribution is -2.10. The smallest absolute Gasteiger partial charge is 0.134 e. The monoisotopic (exact) mass is 494 g/mol. The van der Waals surface area contributed by atoms with Crippen molar-refractivity contribution in [3.63, 3.8) is 0 Å². The third-order valence-corrected chi connectivity index (χ3v) is 7.76. The summed E-state index contributed by atoms with van der Waals surface area (Å²) in [6.07, 6.45) is -1.53. The van der Waals surface area contributed by atoms with E-state index in [1.807, 2.05) is 91.0 Å². The van der Waals surface area contributed by atoms with Gasteiger partial charge in [0.05, 0.1) is 0 Å². The van der Waals surface area contributed by atoms with Crippen LogP contribution < -0.4 is 9.47 Å². The van der Waals surface area contributed by atoms with Crippen LogP contribution in [-0.2, 0) is 0 Å². The van der Waals surface area contributed by atoms with Crippen molar-refractivity contribution < 1.29 is 19.7 Å². The molecule has 4 heteroatoms. The number of ether oxygens (including phenoxy) is 2. The van der Waals surface area contributed by atoms with Crippen LogP contribution in [-0.4, -0.2) is 10.2 Å². The zero-order chi connectivity index (χ0) is 25.4. The molecule has 0 fully saturated rings. The van der Waals surface area contributed by atoms with Crippen molar-refractivity contribution in [3.05, 3.63) is 131 Å². The molecule has 0 amide bonds. The number of fused-ring (bicyclic) bond motifs is 7. The summed E-state index contributed by atoms with van der Waals surface area (Å²) in [5.41, 5.74) is 5.07. The van der Waals surface area contributed by atoms with Crippen molar-refractivity contribution in [2.24, 2.45) is 0 Å². The zero-order valence-corrected chi connectivity index (χ0v) is 20.3. The summed E-state index contributed by atoms with van der Waals surface area (Å²) in [5, 5.41) is 26.6. The van der Waals surface area contributed by atoms with Crippen LogP contribution >= 0.6 is 0 Å². The molecule has 2 unspecified atom stereocenters. The van der Waals surface area contributed by atoms with Crippen molar-refractivity contribution >= 4 is 21.5 Å². The van der Waals surface area contributed by atoms with Crippen LogP contribution in [0, 0.1) is 0 Å². The van der Waals surface area contributed by atoms with Gasteiger partial charge >= 0.3 is 0 Å². The first-order valence-electron chi connectivity index (χ1n) is 12.7. The maximum atomic E-state index is 11.5. The zero-order valence-electron chi connectivity index (χ0n) is 20.3. The van der Waals surface area contributed by atoms with Crippen molar-refractivity contribution in [2.45, 2.75) is 12.2 Å². The fourth-order valence-corrected chi connectivity index (χ4v) is 5.82. The minimum Gasteiger partial charge on any atom is -0.457 e. The topological polar surface area (TPSA) is 58.9 Å². The van der Waals surface area contributed by atoms with Gasteiger partial charge in [0.15, 0.2) is 0 Å². The standard InChI is InChI=1S/C34H22O4/c35-33-25-7-3-4-8-28(25)38-31-18-22-10-9-20(15-23(22)17-27(31)33)21-12-13-29-26(16-21)34(36)32-24-6-2-1-5-19(24)11-14-30(32)37-29/h1-18,33-36H. The summed E-state index contributed by atoms with van der Waals surface area (Å²) in [4.78, 5) is 0. The van der Waals surface area contributed by atoms with Gasteiger partial charge in [-0.2, -0.15) is 0 Å². The first-order valence-corrected chi connectivity index (χ1v) is 12.7. The van der Waals surface area contributed by atoms with E-state index in [1.54, 1.807) is 0 Å². The Bertz CT molecular complexity index is 1920. The van der Waals surface area contributed by atoms with E-state index in [0.29, 0.717) is 23.0 Å². The van der Waals surface area contributed by atoms with Gasteiger partial charge < -0.3 is 19.7 Å². The van der Waals surface area contributed by atoms with E-state index in [-0.39, 0.29) is 0 Å². The van der Waals surface area contributed by atoms with Gasteiger partial charge in [-0.05, 0) is 75.1 Å². The molecule has 38 heavy (non-hydrogen) atoms. The average molecular weight is 495 g/mol. The number of rotatable bonds is 1. The molecule has 6 aromatic carbocycles. The maximum Gasteiger partial charge on any atom is 0.134 e. The molecule has 0 saturated heterocycles. The van der Waals surface area contributed by atoms with E-state index in [9.17, 15) is 10.2 Å². The van der Waals surface area contributed by atoms with E-state index in [0.717, 1.165) is 54.9 Å². The number of aliphatic hydroxyl groups is 2. The average Bonchev–Trinajstić information content (AvgIpc) is 2.96. The van der Waals surface area contributed by atoms with Crippen molar-refractivity contribution in [2.75, 3.05) is 0 Å². The van der Waals surface area contributed by atoms with Gasteiger partial charge in [0.1, 0.15) is 35.2 Å². The summed E-state index contributed by atoms with van der Waals surface area (Å²) in [6.45, 7) is 0. The number of hydrogen-bond acceptors (Lipinski definition) is 4. The third kappa shape index (κ3) is 3.11. The Morgan fingerprint density at radius 1 is 0.447 bits per heavy atom. The van der Waals surface area contributed by atoms with E-state index >= 15 is 0 Å². The molecule has 6 aromatic rings. The Morgan fingerprint density at radius 2 is 1.13 bits per heavy atom. The van der Waals surface area contributed by atoms with Crippen LogP contribution in [0.1, 0.15) is 34.5 Å². The quantitative estimate of drug-likeness (QED) is 0.243. The number of hydrogen-bond donors (Lipinski definition) is 2. The molecule has 2 aliphatic rings. The second-order valence-corrected chi connectivity index (χ2v) is 9.95. The Kier molecular flexibility index (Phi) is 4.47. The van der Waals surface area contributed by atoms with E-state index in [2.05, 4.69) is 18.2 Å². The molecule has 0 aromatic heterocycles. The highest BCUT2D eigenvalue weighted by Crippen LogP contribution is 2.48. The highest BCUT2D eigenvalue weighted by molar-refractivity contribution is 5.91. The van der Waals surface area contributed by atoms with Gasteiger partial charge in [0.2, 0.25) is 0 Å². The molecular weight excluding hydrogens is 472 g/mol. The lowest BCUT2D eigenvalue weighted by molar-refractivity contribution is 0.203. The minimum absolute atomic E-state index is 0.665. The Balaban J connectivity index is 1.21. The second-order valence-electron chi connectivity index (χ2n) is 9.95. The van der Waals surface area contributed by atoms with Crippen LogP contribution in [0.5, 0.6) is 23.0 Å². The van der Waals surface area contributed by atoms with Crippen LogP contribution in [0.15, 0.2) is 109 Å².